The van der Waals surface area contributed by atoms with E-state index in [0.717, 1.165) is 4.47 Å². The summed E-state index contributed by atoms with van der Waals surface area (Å²) in [5.74, 6) is 5.73. The maximum atomic E-state index is 5.73. The number of nitrogens with two attached hydrogens (primary N) is 1. The Kier molecular flexibility index (Phi) is 4.17. The predicted octanol–water partition coefficient (Wildman–Crippen LogP) is 3.62. The summed E-state index contributed by atoms with van der Waals surface area (Å²) in [6.07, 6.45) is 0. The van der Waals surface area contributed by atoms with Crippen LogP contribution < -0.4 is 11.3 Å². The van der Waals surface area contributed by atoms with Crippen LogP contribution in [0.3, 0.4) is 0 Å². The Labute approximate surface area is 116 Å². The zero-order valence-corrected chi connectivity index (χ0v) is 12.2. The summed E-state index contributed by atoms with van der Waals surface area (Å²) < 4.78 is 1.07. The van der Waals surface area contributed by atoms with Crippen molar-refractivity contribution >= 4 is 15.9 Å². The third-order valence-electron chi connectivity index (χ3n) is 3.13. The molecule has 0 radical (unpaired) electrons. The van der Waals surface area contributed by atoms with Crippen LogP contribution in [-0.4, -0.2) is 0 Å². The third kappa shape index (κ3) is 2.80. The van der Waals surface area contributed by atoms with Gasteiger partial charge in [-0.05, 0) is 42.7 Å². The van der Waals surface area contributed by atoms with Crippen LogP contribution in [0.5, 0.6) is 0 Å². The molecule has 0 aliphatic rings. The summed E-state index contributed by atoms with van der Waals surface area (Å²) in [5.41, 5.74) is 7.74. The minimum absolute atomic E-state index is 0.0168. The van der Waals surface area contributed by atoms with E-state index in [2.05, 4.69) is 71.6 Å². The van der Waals surface area contributed by atoms with E-state index in [4.69, 9.17) is 5.84 Å². The van der Waals surface area contributed by atoms with Crippen molar-refractivity contribution in [3.05, 3.63) is 69.2 Å². The molecule has 1 atom stereocenters. The molecule has 0 heterocycles. The molecule has 2 aromatic rings. The molecule has 3 N–H and O–H groups in total. The van der Waals surface area contributed by atoms with E-state index in [9.17, 15) is 0 Å². The van der Waals surface area contributed by atoms with Crippen molar-refractivity contribution in [2.45, 2.75) is 19.9 Å². The van der Waals surface area contributed by atoms with Crippen molar-refractivity contribution in [3.8, 4) is 0 Å². The van der Waals surface area contributed by atoms with E-state index in [0.29, 0.717) is 0 Å². The smallest absolute Gasteiger partial charge is 0.0713 e. The van der Waals surface area contributed by atoms with Gasteiger partial charge in [-0.1, -0.05) is 51.8 Å². The number of hydrogen-bond acceptors (Lipinski definition) is 2. The summed E-state index contributed by atoms with van der Waals surface area (Å²) in [6.45, 7) is 4.18. The van der Waals surface area contributed by atoms with Crippen LogP contribution in [0.25, 0.3) is 0 Å². The second-order valence-electron chi connectivity index (χ2n) is 4.51. The molecule has 0 spiro atoms. The summed E-state index contributed by atoms with van der Waals surface area (Å²) in [5, 5.41) is 0. The van der Waals surface area contributed by atoms with Crippen LogP contribution >= 0.6 is 15.9 Å². The molecule has 2 nitrogen and oxygen atoms in total. The van der Waals surface area contributed by atoms with Gasteiger partial charge in [0.2, 0.25) is 0 Å². The average molecular weight is 305 g/mol. The molecule has 0 saturated carbocycles. The van der Waals surface area contributed by atoms with E-state index in [1.54, 1.807) is 0 Å². The first-order valence-corrected chi connectivity index (χ1v) is 6.70. The Balaban J connectivity index is 2.44. The van der Waals surface area contributed by atoms with Gasteiger partial charge in [0.05, 0.1) is 6.04 Å². The van der Waals surface area contributed by atoms with E-state index in [1.165, 1.54) is 22.3 Å². The Hall–Kier alpha value is -1.16. The number of aryl methyl sites for hydroxylation is 2. The largest absolute Gasteiger partial charge is 0.271 e. The van der Waals surface area contributed by atoms with Crippen molar-refractivity contribution in [2.24, 2.45) is 5.84 Å². The van der Waals surface area contributed by atoms with Crippen LogP contribution in [0.4, 0.5) is 0 Å². The molecule has 2 aromatic carbocycles. The van der Waals surface area contributed by atoms with Crippen LogP contribution in [0.1, 0.15) is 28.3 Å². The van der Waals surface area contributed by atoms with Crippen LogP contribution in [-0.2, 0) is 0 Å². The molecular formula is C15H17BrN2. The van der Waals surface area contributed by atoms with Gasteiger partial charge in [-0.25, -0.2) is 5.43 Å². The minimum atomic E-state index is 0.0168. The standard InChI is InChI=1S/C15H17BrN2/c1-10-3-6-12(7-4-10)15(18-17)14-9-13(16)8-5-11(14)2/h3-9,15,18H,17H2,1-2H3. The van der Waals surface area contributed by atoms with Crippen LogP contribution in [0.15, 0.2) is 46.9 Å². The first-order chi connectivity index (χ1) is 8.61. The van der Waals surface area contributed by atoms with Gasteiger partial charge in [-0.15, -0.1) is 0 Å². The first kappa shape index (κ1) is 13.3. The number of halogens is 1. The number of hydrogen-bond donors (Lipinski definition) is 2. The summed E-state index contributed by atoms with van der Waals surface area (Å²) in [4.78, 5) is 0. The second-order valence-corrected chi connectivity index (χ2v) is 5.43. The maximum Gasteiger partial charge on any atom is 0.0713 e. The lowest BCUT2D eigenvalue weighted by Crippen LogP contribution is -2.29. The van der Waals surface area contributed by atoms with Crippen molar-refractivity contribution in [2.75, 3.05) is 0 Å². The van der Waals surface area contributed by atoms with E-state index in [1.807, 2.05) is 6.07 Å². The molecule has 0 saturated heterocycles. The fourth-order valence-electron chi connectivity index (χ4n) is 2.05. The highest BCUT2D eigenvalue weighted by atomic mass is 79.9. The summed E-state index contributed by atoms with van der Waals surface area (Å²) >= 11 is 3.51. The van der Waals surface area contributed by atoms with Gasteiger partial charge in [0, 0.05) is 4.47 Å². The quantitative estimate of drug-likeness (QED) is 0.671. The molecule has 94 valence electrons. The lowest BCUT2D eigenvalue weighted by molar-refractivity contribution is 0.633. The number of nitrogens with one attached hydrogen (secondary N) is 1. The first-order valence-electron chi connectivity index (χ1n) is 5.90. The molecule has 0 aromatic heterocycles. The zero-order valence-electron chi connectivity index (χ0n) is 10.6. The Morgan fingerprint density at radius 1 is 1.06 bits per heavy atom. The fraction of sp³-hybridized carbons (Fsp3) is 0.200. The Morgan fingerprint density at radius 3 is 2.33 bits per heavy atom. The highest BCUT2D eigenvalue weighted by molar-refractivity contribution is 9.10. The van der Waals surface area contributed by atoms with Gasteiger partial charge in [-0.3, -0.25) is 5.84 Å². The van der Waals surface area contributed by atoms with Gasteiger partial charge in [0.1, 0.15) is 0 Å². The third-order valence-corrected chi connectivity index (χ3v) is 3.62. The molecule has 0 fully saturated rings. The lowest BCUT2D eigenvalue weighted by Gasteiger charge is -2.19. The second kappa shape index (κ2) is 5.65. The van der Waals surface area contributed by atoms with Gasteiger partial charge in [-0.2, -0.15) is 0 Å². The highest BCUT2D eigenvalue weighted by Gasteiger charge is 2.14. The Bertz CT molecular complexity index is 535. The summed E-state index contributed by atoms with van der Waals surface area (Å²) in [6, 6.07) is 14.7. The van der Waals surface area contributed by atoms with Crippen molar-refractivity contribution in [1.82, 2.24) is 5.43 Å². The minimum Gasteiger partial charge on any atom is -0.271 e. The van der Waals surface area contributed by atoms with E-state index in [-0.39, 0.29) is 6.04 Å². The maximum absolute atomic E-state index is 5.73. The van der Waals surface area contributed by atoms with E-state index < -0.39 is 0 Å². The van der Waals surface area contributed by atoms with Gasteiger partial charge in [0.25, 0.3) is 0 Å². The number of rotatable bonds is 3. The van der Waals surface area contributed by atoms with Crippen LogP contribution in [0.2, 0.25) is 0 Å². The number of hydrazine groups is 1. The van der Waals surface area contributed by atoms with Crippen molar-refractivity contribution < 1.29 is 0 Å². The zero-order chi connectivity index (χ0) is 13.1. The normalized spacial score (nSPS) is 12.4. The molecule has 0 amide bonds. The van der Waals surface area contributed by atoms with E-state index >= 15 is 0 Å². The number of benzene rings is 2. The topological polar surface area (TPSA) is 38.0 Å². The van der Waals surface area contributed by atoms with Crippen molar-refractivity contribution in [3.63, 3.8) is 0 Å². The monoisotopic (exact) mass is 304 g/mol. The molecule has 0 aliphatic carbocycles. The molecule has 2 rings (SSSR count). The van der Waals surface area contributed by atoms with Crippen molar-refractivity contribution in [1.29, 1.82) is 0 Å². The average Bonchev–Trinajstić information content (AvgIpc) is 2.37. The predicted molar refractivity (Wildman–Crippen MR) is 79.2 cm³/mol. The van der Waals surface area contributed by atoms with Gasteiger partial charge in [0.15, 0.2) is 0 Å². The molecule has 3 heteroatoms. The van der Waals surface area contributed by atoms with Gasteiger partial charge >= 0.3 is 0 Å². The Morgan fingerprint density at radius 2 is 1.72 bits per heavy atom. The molecular weight excluding hydrogens is 288 g/mol. The molecule has 18 heavy (non-hydrogen) atoms. The molecule has 0 bridgehead atoms. The molecule has 0 aliphatic heterocycles. The SMILES string of the molecule is Cc1ccc(C(NN)c2cc(Br)ccc2C)cc1. The highest BCUT2D eigenvalue weighted by Crippen LogP contribution is 2.27. The van der Waals surface area contributed by atoms with Gasteiger partial charge < -0.3 is 0 Å². The lowest BCUT2D eigenvalue weighted by atomic mass is 9.95. The molecule has 1 unspecified atom stereocenters. The fourth-order valence-corrected chi connectivity index (χ4v) is 2.43. The summed E-state index contributed by atoms with van der Waals surface area (Å²) in [7, 11) is 0. The van der Waals surface area contributed by atoms with Crippen LogP contribution in [0, 0.1) is 13.8 Å².